The molecule has 1 amide bonds. The van der Waals surface area contributed by atoms with E-state index in [1.54, 1.807) is 60.7 Å². The van der Waals surface area contributed by atoms with Crippen LogP contribution in [0, 0.1) is 11.8 Å². The van der Waals surface area contributed by atoms with Gasteiger partial charge in [0.15, 0.2) is 0 Å². The van der Waals surface area contributed by atoms with Crippen molar-refractivity contribution in [2.45, 2.75) is 63.6 Å². The Hall–Kier alpha value is -3.33. The first-order valence-corrected chi connectivity index (χ1v) is 15.1. The fourth-order valence-corrected chi connectivity index (χ4v) is 5.12. The number of aliphatic hydroxyl groups excluding tert-OH is 3. The maximum Gasteiger partial charge on any atom is 0.325 e. The Morgan fingerprint density at radius 2 is 1.80 bits per heavy atom. The number of nitrogens with one attached hydrogen (secondary N) is 1. The number of rotatable bonds is 18. The summed E-state index contributed by atoms with van der Waals surface area (Å²) >= 11 is 5.94. The van der Waals surface area contributed by atoms with Gasteiger partial charge in [0.1, 0.15) is 31.6 Å². The summed E-state index contributed by atoms with van der Waals surface area (Å²) in [7, 11) is 0. The van der Waals surface area contributed by atoms with Crippen LogP contribution in [0.4, 0.5) is 0 Å². The molecule has 5 atom stereocenters. The third-order valence-electron chi connectivity index (χ3n) is 7.31. The summed E-state index contributed by atoms with van der Waals surface area (Å²) in [6, 6.07) is 13.7. The lowest BCUT2D eigenvalue weighted by molar-refractivity contribution is -0.497. The number of esters is 1. The normalized spacial score (nSPS) is 20.6. The third-order valence-corrected chi connectivity index (χ3v) is 7.55. The molecule has 0 aliphatic heterocycles. The largest absolute Gasteiger partial charge is 0.491 e. The Bertz CT molecular complexity index is 1270. The molecule has 12 nitrogen and oxygen atoms in total. The van der Waals surface area contributed by atoms with Crippen LogP contribution in [0.25, 0.3) is 0 Å². The molecule has 2 aromatic rings. The summed E-state index contributed by atoms with van der Waals surface area (Å²) in [5.74, 6) is -0.924. The molecule has 0 spiro atoms. The maximum atomic E-state index is 12.1. The number of unbranched alkanes of at least 4 members (excludes halogenated alkanes) is 1. The molecular formula is C32H41ClN2O10. The van der Waals surface area contributed by atoms with Crippen LogP contribution in [0.2, 0.25) is 5.02 Å². The van der Waals surface area contributed by atoms with Crippen LogP contribution in [-0.4, -0.2) is 74.5 Å². The summed E-state index contributed by atoms with van der Waals surface area (Å²) in [6.45, 7) is -0.479. The van der Waals surface area contributed by atoms with Crippen molar-refractivity contribution in [3.05, 3.63) is 89.0 Å². The zero-order valence-corrected chi connectivity index (χ0v) is 25.5. The second kappa shape index (κ2) is 19.2. The lowest BCUT2D eigenvalue weighted by Crippen LogP contribution is -2.30. The average molecular weight is 649 g/mol. The Morgan fingerprint density at radius 1 is 1.04 bits per heavy atom. The van der Waals surface area contributed by atoms with Gasteiger partial charge in [0.2, 0.25) is 5.91 Å². The highest BCUT2D eigenvalue weighted by Gasteiger charge is 2.39. The quantitative estimate of drug-likeness (QED) is 0.0603. The Morgan fingerprint density at radius 3 is 2.53 bits per heavy atom. The van der Waals surface area contributed by atoms with Crippen molar-refractivity contribution in [2.24, 2.45) is 11.8 Å². The van der Waals surface area contributed by atoms with E-state index < -0.39 is 29.7 Å². The van der Waals surface area contributed by atoms with Crippen LogP contribution in [0.5, 0.6) is 5.75 Å². The lowest BCUT2D eigenvalue weighted by Gasteiger charge is -2.19. The summed E-state index contributed by atoms with van der Waals surface area (Å²) in [5, 5.41) is 51.3. The molecule has 2 aromatic carbocycles. The van der Waals surface area contributed by atoms with Gasteiger partial charge in [-0.25, -0.2) is 4.84 Å². The second-order valence-electron chi connectivity index (χ2n) is 10.7. The van der Waals surface area contributed by atoms with E-state index >= 15 is 0 Å². The van der Waals surface area contributed by atoms with Crippen molar-refractivity contribution < 1.29 is 49.6 Å². The van der Waals surface area contributed by atoms with Crippen molar-refractivity contribution in [3.8, 4) is 5.75 Å². The zero-order chi connectivity index (χ0) is 32.6. The predicted octanol–water partition coefficient (Wildman–Crippen LogP) is 3.48. The molecule has 13 heteroatoms. The van der Waals surface area contributed by atoms with Crippen LogP contribution in [-0.2, 0) is 32.4 Å². The Labute approximate surface area is 267 Å². The first kappa shape index (κ1) is 36.1. The topological polar surface area (TPSA) is 178 Å². The van der Waals surface area contributed by atoms with E-state index in [1.807, 2.05) is 12.2 Å². The van der Waals surface area contributed by atoms with Crippen LogP contribution in [0.1, 0.15) is 43.2 Å². The van der Waals surface area contributed by atoms with Gasteiger partial charge in [-0.2, -0.15) is 0 Å². The minimum Gasteiger partial charge on any atom is -0.491 e. The number of amides is 1. The van der Waals surface area contributed by atoms with Crippen LogP contribution in [0.15, 0.2) is 72.8 Å². The first-order chi connectivity index (χ1) is 21.6. The number of aliphatic hydroxyl groups is 3. The van der Waals surface area contributed by atoms with Gasteiger partial charge >= 0.3 is 5.97 Å². The van der Waals surface area contributed by atoms with Crippen LogP contribution < -0.4 is 10.1 Å². The molecule has 0 saturated heterocycles. The first-order valence-electron chi connectivity index (χ1n) is 14.7. The van der Waals surface area contributed by atoms with E-state index in [-0.39, 0.29) is 57.0 Å². The van der Waals surface area contributed by atoms with E-state index in [0.29, 0.717) is 41.2 Å². The predicted molar refractivity (Wildman–Crippen MR) is 163 cm³/mol. The van der Waals surface area contributed by atoms with Crippen LogP contribution >= 0.6 is 11.6 Å². The number of ether oxygens (including phenoxy) is 2. The molecule has 45 heavy (non-hydrogen) atoms. The van der Waals surface area contributed by atoms with Gasteiger partial charge in [0.25, 0.3) is 0 Å². The SMILES string of the molecule is O=C(CCC/C=C\C[C@@H]1[C@@H](/C=C/[C@@H](O)COc2cccc(Cl)c2)[C@H](O)C[C@@H]1O)NCC(=O)OCc1ccccc1CON(O)O. The molecule has 246 valence electrons. The smallest absolute Gasteiger partial charge is 0.325 e. The van der Waals surface area contributed by atoms with E-state index in [2.05, 4.69) is 10.2 Å². The zero-order valence-electron chi connectivity index (χ0n) is 24.8. The number of allylic oxidation sites excluding steroid dienone is 2. The molecule has 0 radical (unpaired) electrons. The molecule has 0 unspecified atom stereocenters. The van der Waals surface area contributed by atoms with E-state index in [0.717, 1.165) is 0 Å². The van der Waals surface area contributed by atoms with Gasteiger partial charge in [-0.05, 0) is 54.5 Å². The number of benzene rings is 2. The van der Waals surface area contributed by atoms with Gasteiger partial charge in [-0.1, -0.05) is 66.2 Å². The molecule has 1 saturated carbocycles. The summed E-state index contributed by atoms with van der Waals surface area (Å²) in [4.78, 5) is 28.8. The molecule has 0 aromatic heterocycles. The van der Waals surface area contributed by atoms with Crippen molar-refractivity contribution in [2.75, 3.05) is 13.2 Å². The summed E-state index contributed by atoms with van der Waals surface area (Å²) < 4.78 is 10.7. The molecular weight excluding hydrogens is 608 g/mol. The monoisotopic (exact) mass is 648 g/mol. The molecule has 1 aliphatic carbocycles. The van der Waals surface area contributed by atoms with Gasteiger partial charge in [-0.3, -0.25) is 20.0 Å². The molecule has 1 fully saturated rings. The fraction of sp³-hybridized carbons (Fsp3) is 0.438. The average Bonchev–Trinajstić information content (AvgIpc) is 3.28. The molecule has 0 heterocycles. The van der Waals surface area contributed by atoms with Crippen LogP contribution in [0.3, 0.4) is 0 Å². The minimum atomic E-state index is -0.901. The number of nitrogens with zero attached hydrogens (tertiary/aromatic N) is 1. The van der Waals surface area contributed by atoms with E-state index in [1.165, 1.54) is 0 Å². The van der Waals surface area contributed by atoms with Crippen molar-refractivity contribution in [1.82, 2.24) is 10.7 Å². The lowest BCUT2D eigenvalue weighted by atomic mass is 9.89. The molecule has 3 rings (SSSR count). The number of carbonyl (C=O) groups is 2. The van der Waals surface area contributed by atoms with Crippen molar-refractivity contribution in [1.29, 1.82) is 0 Å². The fourth-order valence-electron chi connectivity index (χ4n) is 4.94. The number of hydrogen-bond acceptors (Lipinski definition) is 11. The molecule has 1 aliphatic rings. The Kier molecular flexibility index (Phi) is 15.5. The number of halogens is 1. The highest BCUT2D eigenvalue weighted by atomic mass is 35.5. The second-order valence-corrected chi connectivity index (χ2v) is 11.1. The maximum absolute atomic E-state index is 12.1. The Balaban J connectivity index is 1.32. The van der Waals surface area contributed by atoms with Gasteiger partial charge in [0, 0.05) is 23.8 Å². The third kappa shape index (κ3) is 13.3. The van der Waals surface area contributed by atoms with Crippen molar-refractivity contribution >= 4 is 23.5 Å². The van der Waals surface area contributed by atoms with Crippen molar-refractivity contribution in [3.63, 3.8) is 0 Å². The number of hydrogen-bond donors (Lipinski definition) is 6. The minimum absolute atomic E-state index is 0.0171. The summed E-state index contributed by atoms with van der Waals surface area (Å²) in [6.07, 6.45) is 6.97. The van der Waals surface area contributed by atoms with Gasteiger partial charge in [-0.15, -0.1) is 0 Å². The highest BCUT2D eigenvalue weighted by molar-refractivity contribution is 6.30. The van der Waals surface area contributed by atoms with Gasteiger partial charge < -0.3 is 30.1 Å². The number of carbonyl (C=O) groups excluding carboxylic acids is 2. The summed E-state index contributed by atoms with van der Waals surface area (Å²) in [5.41, 5.74) is 1.21. The van der Waals surface area contributed by atoms with Gasteiger partial charge in [0.05, 0.1) is 24.2 Å². The van der Waals surface area contributed by atoms with E-state index in [9.17, 15) is 24.9 Å². The van der Waals surface area contributed by atoms with E-state index in [4.69, 9.17) is 31.5 Å². The molecule has 0 bridgehead atoms. The standard InChI is InChI=1S/C32H41ClN2O10/c33-24-10-7-11-26(16-24)43-21-25(36)14-15-28-27(29(37)17-30(28)38)12-3-1-2-4-13-31(39)34-18-32(40)44-19-22-8-5-6-9-23(22)20-45-35(41)42/h1,3,5-11,14-16,25,27-30,36-38,41-42H,2,4,12-13,17-21H2,(H,34,39)/b3-1-,15-14+/t25-,27-,28-,29+,30-/m1/s1. The highest BCUT2D eigenvalue weighted by Crippen LogP contribution is 2.36. The molecule has 6 N–H and O–H groups in total.